The number of rotatable bonds is 5. The molecule has 2 aromatic heterocycles. The quantitative estimate of drug-likeness (QED) is 0.710. The van der Waals surface area contributed by atoms with E-state index in [2.05, 4.69) is 38.0 Å². The van der Waals surface area contributed by atoms with Gasteiger partial charge >= 0.3 is 0 Å². The lowest BCUT2D eigenvalue weighted by molar-refractivity contribution is -0.118. The largest absolute Gasteiger partial charge is 0.351 e. The molecule has 0 saturated carbocycles. The van der Waals surface area contributed by atoms with E-state index in [9.17, 15) is 4.79 Å². The summed E-state index contributed by atoms with van der Waals surface area (Å²) in [6.45, 7) is 2.38. The van der Waals surface area contributed by atoms with Crippen LogP contribution in [0.4, 0.5) is 0 Å². The zero-order chi connectivity index (χ0) is 14.7. The molecule has 0 aliphatic rings. The topological polar surface area (TPSA) is 70.7 Å². The second-order valence-electron chi connectivity index (χ2n) is 4.53. The molecule has 7 heteroatoms. The molecule has 0 aliphatic heterocycles. The minimum absolute atomic E-state index is 0.0160. The third-order valence-electron chi connectivity index (χ3n) is 2.95. The molecule has 0 bridgehead atoms. The van der Waals surface area contributed by atoms with Crippen LogP contribution in [0.25, 0.3) is 10.1 Å². The molecular weight excluding hydrogens is 304 g/mol. The van der Waals surface area contributed by atoms with Crippen molar-refractivity contribution in [2.45, 2.75) is 18.6 Å². The van der Waals surface area contributed by atoms with Crippen molar-refractivity contribution in [2.24, 2.45) is 0 Å². The molecule has 0 atom stereocenters. The summed E-state index contributed by atoms with van der Waals surface area (Å²) >= 11 is 3.03. The highest BCUT2D eigenvalue weighted by molar-refractivity contribution is 7.99. The Balaban J connectivity index is 1.54. The van der Waals surface area contributed by atoms with Gasteiger partial charge < -0.3 is 5.32 Å². The van der Waals surface area contributed by atoms with E-state index in [-0.39, 0.29) is 5.91 Å². The first-order valence-electron chi connectivity index (χ1n) is 6.46. The van der Waals surface area contributed by atoms with Gasteiger partial charge in [0.1, 0.15) is 5.82 Å². The molecule has 3 aromatic rings. The van der Waals surface area contributed by atoms with Gasteiger partial charge in [-0.05, 0) is 29.3 Å². The Hall–Kier alpha value is -1.86. The van der Waals surface area contributed by atoms with Gasteiger partial charge in [-0.3, -0.25) is 9.89 Å². The van der Waals surface area contributed by atoms with Crippen LogP contribution in [-0.4, -0.2) is 26.8 Å². The molecule has 21 heavy (non-hydrogen) atoms. The lowest BCUT2D eigenvalue weighted by Crippen LogP contribution is -2.24. The number of amides is 1. The normalized spacial score (nSPS) is 10.9. The number of fused-ring (bicyclic) bond motifs is 1. The standard InChI is InChI=1S/C14H14N4OS2/c1-9-16-14(18-17-9)21-8-13(19)15-6-10-7-20-12-5-3-2-4-11(10)12/h2-5,7H,6,8H2,1H3,(H,15,19)(H,16,17,18). The average molecular weight is 318 g/mol. The SMILES string of the molecule is Cc1nc(SCC(=O)NCc2csc3ccccc23)n[nH]1. The van der Waals surface area contributed by atoms with Gasteiger partial charge in [0.2, 0.25) is 11.1 Å². The van der Waals surface area contributed by atoms with Gasteiger partial charge in [-0.25, -0.2) is 4.98 Å². The van der Waals surface area contributed by atoms with Crippen LogP contribution in [0.3, 0.4) is 0 Å². The number of thioether (sulfide) groups is 1. The molecule has 1 aromatic carbocycles. The molecule has 2 heterocycles. The number of benzene rings is 1. The number of hydrogen-bond donors (Lipinski definition) is 2. The first kappa shape index (κ1) is 14.1. The molecule has 0 fully saturated rings. The lowest BCUT2D eigenvalue weighted by Gasteiger charge is -2.03. The van der Waals surface area contributed by atoms with E-state index in [1.165, 1.54) is 21.8 Å². The van der Waals surface area contributed by atoms with E-state index < -0.39 is 0 Å². The van der Waals surface area contributed by atoms with Gasteiger partial charge in [0.15, 0.2) is 0 Å². The molecule has 0 unspecified atom stereocenters. The summed E-state index contributed by atoms with van der Waals surface area (Å²) in [6.07, 6.45) is 0. The van der Waals surface area contributed by atoms with Gasteiger partial charge in [-0.15, -0.1) is 16.4 Å². The summed E-state index contributed by atoms with van der Waals surface area (Å²) in [5.74, 6) is 1.06. The number of carbonyl (C=O) groups is 1. The highest BCUT2D eigenvalue weighted by atomic mass is 32.2. The Bertz CT molecular complexity index is 765. The van der Waals surface area contributed by atoms with Crippen LogP contribution >= 0.6 is 23.1 Å². The Morgan fingerprint density at radius 1 is 1.43 bits per heavy atom. The van der Waals surface area contributed by atoms with Crippen molar-refractivity contribution >= 4 is 39.1 Å². The number of carbonyl (C=O) groups excluding carboxylic acids is 1. The maximum Gasteiger partial charge on any atom is 0.230 e. The zero-order valence-electron chi connectivity index (χ0n) is 11.4. The van der Waals surface area contributed by atoms with Crippen molar-refractivity contribution in [1.29, 1.82) is 0 Å². The van der Waals surface area contributed by atoms with Crippen molar-refractivity contribution in [3.8, 4) is 0 Å². The van der Waals surface area contributed by atoms with Crippen LogP contribution in [0.2, 0.25) is 0 Å². The van der Waals surface area contributed by atoms with Gasteiger partial charge in [-0.2, -0.15) is 0 Å². The number of nitrogens with one attached hydrogen (secondary N) is 2. The van der Waals surface area contributed by atoms with Crippen LogP contribution in [-0.2, 0) is 11.3 Å². The van der Waals surface area contributed by atoms with E-state index in [1.54, 1.807) is 11.3 Å². The number of aromatic amines is 1. The maximum absolute atomic E-state index is 11.9. The second-order valence-corrected chi connectivity index (χ2v) is 6.38. The summed E-state index contributed by atoms with van der Waals surface area (Å²) in [5.41, 5.74) is 1.16. The maximum atomic E-state index is 11.9. The summed E-state index contributed by atoms with van der Waals surface area (Å²) in [4.78, 5) is 16.0. The van der Waals surface area contributed by atoms with Crippen LogP contribution in [0.15, 0.2) is 34.8 Å². The third-order valence-corrected chi connectivity index (χ3v) is 4.81. The molecule has 2 N–H and O–H groups in total. The number of hydrogen-bond acceptors (Lipinski definition) is 5. The third kappa shape index (κ3) is 3.43. The van der Waals surface area contributed by atoms with E-state index >= 15 is 0 Å². The molecule has 1 amide bonds. The second kappa shape index (κ2) is 6.28. The van der Waals surface area contributed by atoms with Crippen molar-refractivity contribution in [1.82, 2.24) is 20.5 Å². The Morgan fingerprint density at radius 3 is 3.10 bits per heavy atom. The van der Waals surface area contributed by atoms with Crippen molar-refractivity contribution in [3.63, 3.8) is 0 Å². The predicted octanol–water partition coefficient (Wildman–Crippen LogP) is 2.74. The Morgan fingerprint density at radius 2 is 2.29 bits per heavy atom. The van der Waals surface area contributed by atoms with Crippen LogP contribution in [0, 0.1) is 6.92 Å². The van der Waals surface area contributed by atoms with Crippen LogP contribution in [0.5, 0.6) is 0 Å². The van der Waals surface area contributed by atoms with Crippen LogP contribution in [0.1, 0.15) is 11.4 Å². The van der Waals surface area contributed by atoms with Crippen LogP contribution < -0.4 is 5.32 Å². The fraction of sp³-hybridized carbons (Fsp3) is 0.214. The molecule has 0 radical (unpaired) electrons. The fourth-order valence-electron chi connectivity index (χ4n) is 1.93. The Kier molecular flexibility index (Phi) is 4.21. The number of aromatic nitrogens is 3. The lowest BCUT2D eigenvalue weighted by atomic mass is 10.2. The first-order chi connectivity index (χ1) is 10.2. The van der Waals surface area contributed by atoms with Crippen molar-refractivity contribution in [3.05, 3.63) is 41.0 Å². The number of thiophene rings is 1. The van der Waals surface area contributed by atoms with Crippen molar-refractivity contribution < 1.29 is 4.79 Å². The average Bonchev–Trinajstić information content (AvgIpc) is 3.09. The monoisotopic (exact) mass is 318 g/mol. The molecule has 3 rings (SSSR count). The van der Waals surface area contributed by atoms with Gasteiger partial charge in [0.25, 0.3) is 0 Å². The molecule has 108 valence electrons. The van der Waals surface area contributed by atoms with E-state index in [0.29, 0.717) is 17.5 Å². The summed E-state index contributed by atoms with van der Waals surface area (Å²) in [5, 5.41) is 13.6. The number of nitrogens with zero attached hydrogens (tertiary/aromatic N) is 2. The molecule has 5 nitrogen and oxygen atoms in total. The van der Waals surface area contributed by atoms with E-state index in [1.807, 2.05) is 19.1 Å². The highest BCUT2D eigenvalue weighted by Crippen LogP contribution is 2.25. The fourth-order valence-corrected chi connectivity index (χ4v) is 3.57. The first-order valence-corrected chi connectivity index (χ1v) is 8.32. The molecule has 0 spiro atoms. The van der Waals surface area contributed by atoms with Gasteiger partial charge in [-0.1, -0.05) is 30.0 Å². The minimum Gasteiger partial charge on any atom is -0.351 e. The van der Waals surface area contributed by atoms with Crippen molar-refractivity contribution in [2.75, 3.05) is 5.75 Å². The Labute approximate surface area is 130 Å². The zero-order valence-corrected chi connectivity index (χ0v) is 13.1. The van der Waals surface area contributed by atoms with E-state index in [0.717, 1.165) is 11.4 Å². The van der Waals surface area contributed by atoms with Gasteiger partial charge in [0.05, 0.1) is 5.75 Å². The molecule has 0 aliphatic carbocycles. The molecule has 0 saturated heterocycles. The smallest absolute Gasteiger partial charge is 0.230 e. The summed E-state index contributed by atoms with van der Waals surface area (Å²) in [6, 6.07) is 8.21. The minimum atomic E-state index is -0.0160. The number of aryl methyl sites for hydroxylation is 1. The predicted molar refractivity (Wildman–Crippen MR) is 85.5 cm³/mol. The highest BCUT2D eigenvalue weighted by Gasteiger charge is 2.08. The summed E-state index contributed by atoms with van der Waals surface area (Å²) < 4.78 is 1.24. The molecular formula is C14H14N4OS2. The van der Waals surface area contributed by atoms with E-state index in [4.69, 9.17) is 0 Å². The van der Waals surface area contributed by atoms with Gasteiger partial charge in [0, 0.05) is 11.2 Å². The number of H-pyrrole nitrogens is 1. The summed E-state index contributed by atoms with van der Waals surface area (Å²) in [7, 11) is 0.